The average Bonchev–Trinajstić information content (AvgIpc) is 2.87. The van der Waals surface area contributed by atoms with Crippen LogP contribution in [0.1, 0.15) is 41.9 Å². The molecule has 1 atom stereocenters. The SMILES string of the molecule is Cn1ccnc1CN1CCCC2(CC1)CC(=O)c1ccccc1O2. The number of aromatic nitrogens is 2. The van der Waals surface area contributed by atoms with Crippen molar-refractivity contribution >= 4 is 5.78 Å². The average molecular weight is 325 g/mol. The van der Waals surface area contributed by atoms with Crippen LogP contribution in [0.4, 0.5) is 0 Å². The molecule has 2 aromatic rings. The van der Waals surface area contributed by atoms with Crippen molar-refractivity contribution in [2.45, 2.75) is 37.8 Å². The molecule has 1 unspecified atom stereocenters. The second-order valence-electron chi connectivity index (χ2n) is 6.97. The van der Waals surface area contributed by atoms with Crippen molar-refractivity contribution in [1.29, 1.82) is 0 Å². The number of nitrogens with zero attached hydrogens (tertiary/aromatic N) is 3. The Bertz CT molecular complexity index is 755. The van der Waals surface area contributed by atoms with Gasteiger partial charge in [-0.1, -0.05) is 12.1 Å². The third-order valence-corrected chi connectivity index (χ3v) is 5.27. The van der Waals surface area contributed by atoms with Gasteiger partial charge in [0, 0.05) is 32.4 Å². The molecular formula is C19H23N3O2. The van der Waals surface area contributed by atoms with Crippen LogP contribution in [0.2, 0.25) is 0 Å². The second-order valence-corrected chi connectivity index (χ2v) is 6.97. The number of benzene rings is 1. The summed E-state index contributed by atoms with van der Waals surface area (Å²) in [6, 6.07) is 7.63. The largest absolute Gasteiger partial charge is 0.486 e. The zero-order valence-electron chi connectivity index (χ0n) is 14.1. The molecule has 0 N–H and O–H groups in total. The number of Topliss-reactive ketones (excluding diaryl/α,β-unsaturated/α-hetero) is 1. The fourth-order valence-corrected chi connectivity index (χ4v) is 3.85. The molecule has 24 heavy (non-hydrogen) atoms. The first-order valence-electron chi connectivity index (χ1n) is 8.65. The summed E-state index contributed by atoms with van der Waals surface area (Å²) in [5.74, 6) is 2.05. The Kier molecular flexibility index (Phi) is 3.88. The number of carbonyl (C=O) groups is 1. The molecule has 0 aliphatic carbocycles. The smallest absolute Gasteiger partial charge is 0.170 e. The number of likely N-dealkylation sites (tertiary alicyclic amines) is 1. The predicted octanol–water partition coefficient (Wildman–Crippen LogP) is 2.81. The van der Waals surface area contributed by atoms with E-state index in [1.807, 2.05) is 43.7 Å². The second kappa shape index (κ2) is 6.06. The van der Waals surface area contributed by atoms with Crippen LogP contribution in [0.3, 0.4) is 0 Å². The Hall–Kier alpha value is -2.14. The molecule has 1 aromatic carbocycles. The van der Waals surface area contributed by atoms with Gasteiger partial charge in [0.25, 0.3) is 0 Å². The topological polar surface area (TPSA) is 47.4 Å². The van der Waals surface area contributed by atoms with Crippen LogP contribution in [-0.4, -0.2) is 38.9 Å². The normalized spacial score (nSPS) is 24.5. The third kappa shape index (κ3) is 2.84. The monoisotopic (exact) mass is 325 g/mol. The molecule has 5 nitrogen and oxygen atoms in total. The zero-order valence-corrected chi connectivity index (χ0v) is 14.1. The Balaban J connectivity index is 1.49. The molecule has 1 aromatic heterocycles. The number of imidazole rings is 1. The van der Waals surface area contributed by atoms with Gasteiger partial charge in [0.1, 0.15) is 17.2 Å². The molecule has 0 bridgehead atoms. The lowest BCUT2D eigenvalue weighted by Gasteiger charge is -2.37. The molecular weight excluding hydrogens is 302 g/mol. The lowest BCUT2D eigenvalue weighted by molar-refractivity contribution is 0.0298. The van der Waals surface area contributed by atoms with Crippen LogP contribution in [0.25, 0.3) is 0 Å². The minimum absolute atomic E-state index is 0.217. The number of carbonyl (C=O) groups excluding carboxylic acids is 1. The number of ketones is 1. The highest BCUT2D eigenvalue weighted by Crippen LogP contribution is 2.39. The van der Waals surface area contributed by atoms with Gasteiger partial charge in [0.2, 0.25) is 0 Å². The van der Waals surface area contributed by atoms with E-state index in [4.69, 9.17) is 4.74 Å². The number of para-hydroxylation sites is 1. The van der Waals surface area contributed by atoms with Gasteiger partial charge >= 0.3 is 0 Å². The Labute approximate surface area is 142 Å². The number of hydrogen-bond donors (Lipinski definition) is 0. The lowest BCUT2D eigenvalue weighted by Crippen LogP contribution is -2.42. The van der Waals surface area contributed by atoms with E-state index in [9.17, 15) is 4.79 Å². The number of fused-ring (bicyclic) bond motifs is 1. The molecule has 1 fully saturated rings. The molecule has 4 rings (SSSR count). The molecule has 0 radical (unpaired) electrons. The lowest BCUT2D eigenvalue weighted by atomic mass is 9.84. The highest BCUT2D eigenvalue weighted by atomic mass is 16.5. The number of rotatable bonds is 2. The van der Waals surface area contributed by atoms with Crippen LogP contribution in [0.5, 0.6) is 5.75 Å². The maximum absolute atomic E-state index is 12.5. The van der Waals surface area contributed by atoms with Crippen LogP contribution >= 0.6 is 0 Å². The fraction of sp³-hybridized carbons (Fsp3) is 0.474. The molecule has 1 saturated heterocycles. The van der Waals surface area contributed by atoms with E-state index in [-0.39, 0.29) is 11.4 Å². The van der Waals surface area contributed by atoms with Gasteiger partial charge in [-0.05, 0) is 31.5 Å². The zero-order chi connectivity index (χ0) is 16.6. The first kappa shape index (κ1) is 15.4. The van der Waals surface area contributed by atoms with Gasteiger partial charge in [0.05, 0.1) is 18.5 Å². The van der Waals surface area contributed by atoms with Crippen LogP contribution < -0.4 is 4.74 Å². The summed E-state index contributed by atoms with van der Waals surface area (Å²) in [4.78, 5) is 19.4. The summed E-state index contributed by atoms with van der Waals surface area (Å²) in [5, 5.41) is 0. The fourth-order valence-electron chi connectivity index (χ4n) is 3.85. The third-order valence-electron chi connectivity index (χ3n) is 5.27. The quantitative estimate of drug-likeness (QED) is 0.852. The molecule has 3 heterocycles. The van der Waals surface area contributed by atoms with Crippen molar-refractivity contribution in [3.63, 3.8) is 0 Å². The number of ether oxygens (including phenoxy) is 1. The highest BCUT2D eigenvalue weighted by Gasteiger charge is 2.41. The maximum Gasteiger partial charge on any atom is 0.170 e. The van der Waals surface area contributed by atoms with Crippen molar-refractivity contribution in [3.8, 4) is 5.75 Å². The van der Waals surface area contributed by atoms with Crippen LogP contribution in [-0.2, 0) is 13.6 Å². The van der Waals surface area contributed by atoms with Crippen LogP contribution in [0, 0.1) is 0 Å². The first-order chi connectivity index (χ1) is 11.7. The van der Waals surface area contributed by atoms with E-state index in [0.717, 1.165) is 56.0 Å². The molecule has 0 amide bonds. The summed E-state index contributed by atoms with van der Waals surface area (Å²) in [5.41, 5.74) is 0.402. The summed E-state index contributed by atoms with van der Waals surface area (Å²) < 4.78 is 8.42. The van der Waals surface area contributed by atoms with Gasteiger partial charge in [-0.2, -0.15) is 0 Å². The van der Waals surface area contributed by atoms with Crippen molar-refractivity contribution < 1.29 is 9.53 Å². The van der Waals surface area contributed by atoms with E-state index >= 15 is 0 Å². The van der Waals surface area contributed by atoms with E-state index in [1.165, 1.54) is 0 Å². The molecule has 2 aliphatic rings. The summed E-state index contributed by atoms with van der Waals surface area (Å²) in [6.07, 6.45) is 7.19. The Morgan fingerprint density at radius 2 is 2.12 bits per heavy atom. The van der Waals surface area contributed by atoms with Gasteiger partial charge in [0.15, 0.2) is 5.78 Å². The predicted molar refractivity (Wildman–Crippen MR) is 91.1 cm³/mol. The van der Waals surface area contributed by atoms with Gasteiger partial charge in [-0.25, -0.2) is 4.98 Å². The van der Waals surface area contributed by atoms with Gasteiger partial charge < -0.3 is 9.30 Å². The highest BCUT2D eigenvalue weighted by molar-refractivity contribution is 6.00. The minimum Gasteiger partial charge on any atom is -0.486 e. The van der Waals surface area contributed by atoms with E-state index in [0.29, 0.717) is 6.42 Å². The summed E-state index contributed by atoms with van der Waals surface area (Å²) in [6.45, 7) is 2.81. The standard InChI is InChI=1S/C19H23N3O2/c1-21-12-9-20-18(21)14-22-10-4-7-19(8-11-22)13-16(23)15-5-2-3-6-17(15)24-19/h2-3,5-6,9,12H,4,7-8,10-11,13-14H2,1H3. The van der Waals surface area contributed by atoms with Crippen molar-refractivity contribution in [2.24, 2.45) is 7.05 Å². The van der Waals surface area contributed by atoms with Crippen molar-refractivity contribution in [1.82, 2.24) is 14.5 Å². The van der Waals surface area contributed by atoms with E-state index in [1.54, 1.807) is 0 Å². The Morgan fingerprint density at radius 3 is 2.96 bits per heavy atom. The van der Waals surface area contributed by atoms with Crippen molar-refractivity contribution in [2.75, 3.05) is 13.1 Å². The van der Waals surface area contributed by atoms with Crippen molar-refractivity contribution in [3.05, 3.63) is 48.0 Å². The van der Waals surface area contributed by atoms with Gasteiger partial charge in [-0.15, -0.1) is 0 Å². The van der Waals surface area contributed by atoms with E-state index in [2.05, 4.69) is 14.5 Å². The Morgan fingerprint density at radius 1 is 1.25 bits per heavy atom. The molecule has 1 spiro atoms. The summed E-state index contributed by atoms with van der Waals surface area (Å²) in [7, 11) is 2.03. The van der Waals surface area contributed by atoms with Gasteiger partial charge in [-0.3, -0.25) is 9.69 Å². The van der Waals surface area contributed by atoms with Crippen LogP contribution in [0.15, 0.2) is 36.7 Å². The molecule has 5 heteroatoms. The molecule has 0 saturated carbocycles. The maximum atomic E-state index is 12.5. The first-order valence-corrected chi connectivity index (χ1v) is 8.65. The molecule has 2 aliphatic heterocycles. The number of aryl methyl sites for hydroxylation is 1. The van der Waals surface area contributed by atoms with E-state index < -0.39 is 0 Å². The minimum atomic E-state index is -0.332. The molecule has 126 valence electrons. The summed E-state index contributed by atoms with van der Waals surface area (Å²) >= 11 is 0. The number of hydrogen-bond acceptors (Lipinski definition) is 4.